The highest BCUT2D eigenvalue weighted by Crippen LogP contribution is 2.33. The third-order valence-electron chi connectivity index (χ3n) is 3.08. The van der Waals surface area contributed by atoms with Gasteiger partial charge in [0.1, 0.15) is 21.6 Å². The van der Waals surface area contributed by atoms with Crippen LogP contribution in [0, 0.1) is 0 Å². The van der Waals surface area contributed by atoms with E-state index in [-0.39, 0.29) is 0 Å². The highest BCUT2D eigenvalue weighted by Gasteiger charge is 2.22. The summed E-state index contributed by atoms with van der Waals surface area (Å²) in [5.74, 6) is 1.93. The first-order chi connectivity index (χ1) is 10.6. The second-order valence-electron chi connectivity index (χ2n) is 4.53. The van der Waals surface area contributed by atoms with Crippen LogP contribution in [0.4, 0.5) is 0 Å². The molecule has 1 fully saturated rings. The van der Waals surface area contributed by atoms with Gasteiger partial charge in [0.2, 0.25) is 0 Å². The zero-order valence-electron chi connectivity index (χ0n) is 11.5. The molecule has 0 saturated carbocycles. The van der Waals surface area contributed by atoms with E-state index in [1.165, 1.54) is 11.8 Å². The maximum atomic E-state index is 9.78. The Bertz CT molecular complexity index is 757. The van der Waals surface area contributed by atoms with Crippen molar-refractivity contribution in [3.63, 3.8) is 0 Å². The molecule has 0 aliphatic carbocycles. The summed E-state index contributed by atoms with van der Waals surface area (Å²) >= 11 is 12.4. The van der Waals surface area contributed by atoms with E-state index in [1.807, 2.05) is 18.2 Å². The maximum absolute atomic E-state index is 9.78. The van der Waals surface area contributed by atoms with Crippen LogP contribution in [0.15, 0.2) is 39.7 Å². The molecule has 0 radical (unpaired) electrons. The number of furan rings is 1. The molecule has 2 aromatic rings. The van der Waals surface area contributed by atoms with E-state index < -0.39 is 6.23 Å². The molecule has 1 saturated heterocycles. The Labute approximate surface area is 142 Å². The van der Waals surface area contributed by atoms with Gasteiger partial charge >= 0.3 is 0 Å². The van der Waals surface area contributed by atoms with Crippen LogP contribution in [0.5, 0.6) is 5.75 Å². The quantitative estimate of drug-likeness (QED) is 0.816. The van der Waals surface area contributed by atoms with E-state index in [0.717, 1.165) is 5.56 Å². The number of benzene rings is 1. The molecule has 0 amide bonds. The molecular formula is C15H12ClNO3S2. The number of thioether (sulfide) groups is 1. The first-order valence-corrected chi connectivity index (χ1v) is 7.99. The lowest BCUT2D eigenvalue weighted by Crippen LogP contribution is -2.23. The molecule has 0 bridgehead atoms. The van der Waals surface area contributed by atoms with Gasteiger partial charge in [0.05, 0.1) is 12.1 Å². The van der Waals surface area contributed by atoms with Gasteiger partial charge in [-0.3, -0.25) is 0 Å². The van der Waals surface area contributed by atoms with Crippen LogP contribution in [-0.4, -0.2) is 22.8 Å². The highest BCUT2D eigenvalue weighted by molar-refractivity contribution is 8.26. The lowest BCUT2D eigenvalue weighted by Gasteiger charge is -2.04. The van der Waals surface area contributed by atoms with E-state index in [2.05, 4.69) is 5.32 Å². The summed E-state index contributed by atoms with van der Waals surface area (Å²) in [6.07, 6.45) is 0.984. The molecule has 2 N–H and O–H groups in total. The molecule has 22 heavy (non-hydrogen) atoms. The Kier molecular flexibility index (Phi) is 4.44. The number of nitrogens with one attached hydrogen (secondary N) is 1. The van der Waals surface area contributed by atoms with Crippen LogP contribution >= 0.6 is 35.6 Å². The molecular weight excluding hydrogens is 342 g/mol. The van der Waals surface area contributed by atoms with E-state index >= 15 is 0 Å². The Balaban J connectivity index is 1.86. The first-order valence-electron chi connectivity index (χ1n) is 6.38. The molecule has 1 aliphatic rings. The molecule has 114 valence electrons. The van der Waals surface area contributed by atoms with Crippen LogP contribution in [-0.2, 0) is 0 Å². The molecule has 2 heterocycles. The molecule has 1 aromatic heterocycles. The summed E-state index contributed by atoms with van der Waals surface area (Å²) in [7, 11) is 1.57. The van der Waals surface area contributed by atoms with Gasteiger partial charge in [-0.05, 0) is 36.4 Å². The van der Waals surface area contributed by atoms with Gasteiger partial charge in [-0.2, -0.15) is 0 Å². The van der Waals surface area contributed by atoms with Crippen molar-refractivity contribution in [1.82, 2.24) is 5.32 Å². The number of aliphatic hydroxyl groups is 1. The van der Waals surface area contributed by atoms with Crippen LogP contribution in [0.3, 0.4) is 0 Å². The predicted molar refractivity (Wildman–Crippen MR) is 93.0 cm³/mol. The van der Waals surface area contributed by atoms with Gasteiger partial charge in [0.25, 0.3) is 0 Å². The monoisotopic (exact) mass is 353 g/mol. The first kappa shape index (κ1) is 15.4. The molecule has 1 atom stereocenters. The van der Waals surface area contributed by atoms with Crippen molar-refractivity contribution in [2.45, 2.75) is 6.23 Å². The lowest BCUT2D eigenvalue weighted by atomic mass is 10.2. The Morgan fingerprint density at radius 3 is 2.86 bits per heavy atom. The fourth-order valence-electron chi connectivity index (χ4n) is 2.03. The van der Waals surface area contributed by atoms with Crippen molar-refractivity contribution in [3.8, 4) is 17.1 Å². The normalized spacial score (nSPS) is 19.5. The minimum atomic E-state index is -0.776. The van der Waals surface area contributed by atoms with E-state index in [0.29, 0.717) is 31.5 Å². The third kappa shape index (κ3) is 3.15. The Morgan fingerprint density at radius 2 is 2.23 bits per heavy atom. The predicted octanol–water partition coefficient (Wildman–Crippen LogP) is 3.89. The van der Waals surface area contributed by atoms with E-state index in [9.17, 15) is 5.11 Å². The summed E-state index contributed by atoms with van der Waals surface area (Å²) in [6, 6.07) is 9.12. The van der Waals surface area contributed by atoms with Crippen LogP contribution in [0.1, 0.15) is 5.76 Å². The number of rotatable bonds is 3. The van der Waals surface area contributed by atoms with Gasteiger partial charge in [0, 0.05) is 10.5 Å². The number of aliphatic hydroxyl groups excluding tert-OH is 1. The van der Waals surface area contributed by atoms with E-state index in [4.69, 9.17) is 33.0 Å². The summed E-state index contributed by atoms with van der Waals surface area (Å²) < 4.78 is 11.5. The second kappa shape index (κ2) is 6.34. The average Bonchev–Trinajstić information content (AvgIpc) is 3.06. The van der Waals surface area contributed by atoms with Gasteiger partial charge in [0.15, 0.2) is 6.23 Å². The number of halogens is 1. The number of methoxy groups -OCH3 is 1. The smallest absolute Gasteiger partial charge is 0.158 e. The fraction of sp³-hybridized carbons (Fsp3) is 0.133. The Morgan fingerprint density at radius 1 is 1.41 bits per heavy atom. The minimum Gasteiger partial charge on any atom is -0.495 e. The fourth-order valence-corrected chi connectivity index (χ4v) is 3.42. The SMILES string of the molecule is COc1ccc(-c2ccc(/C=C3/SC(=S)NC3O)o2)cc1Cl. The molecule has 7 heteroatoms. The standard InChI is InChI=1S/C15H12ClNO3S2/c1-19-12-4-2-8(6-10(12)16)11-5-3-9(20-11)7-13-14(18)17-15(21)22-13/h2-7,14,18H,1H3,(H,17,21)/b13-7+. The van der Waals surface area contributed by atoms with E-state index in [1.54, 1.807) is 25.3 Å². The molecule has 3 rings (SSSR count). The zero-order chi connectivity index (χ0) is 15.7. The molecule has 1 aliphatic heterocycles. The van der Waals surface area contributed by atoms with Gasteiger partial charge in [-0.15, -0.1) is 0 Å². The van der Waals surface area contributed by atoms with Crippen molar-refractivity contribution in [2.75, 3.05) is 7.11 Å². The number of hydrogen-bond acceptors (Lipinski definition) is 5. The van der Waals surface area contributed by atoms with Gasteiger partial charge in [-0.25, -0.2) is 0 Å². The topological polar surface area (TPSA) is 54.6 Å². The molecule has 4 nitrogen and oxygen atoms in total. The van der Waals surface area contributed by atoms with Crippen molar-refractivity contribution < 1.29 is 14.3 Å². The lowest BCUT2D eigenvalue weighted by molar-refractivity contribution is 0.211. The van der Waals surface area contributed by atoms with Crippen molar-refractivity contribution in [1.29, 1.82) is 0 Å². The molecule has 1 aromatic carbocycles. The van der Waals surface area contributed by atoms with Crippen LogP contribution < -0.4 is 10.1 Å². The largest absolute Gasteiger partial charge is 0.495 e. The Hall–Kier alpha value is -1.47. The van der Waals surface area contributed by atoms with Crippen molar-refractivity contribution in [3.05, 3.63) is 46.0 Å². The zero-order valence-corrected chi connectivity index (χ0v) is 13.9. The minimum absolute atomic E-state index is 0.521. The van der Waals surface area contributed by atoms with Crippen molar-refractivity contribution in [2.24, 2.45) is 0 Å². The molecule has 1 unspecified atom stereocenters. The number of ether oxygens (including phenoxy) is 1. The maximum Gasteiger partial charge on any atom is 0.158 e. The summed E-state index contributed by atoms with van der Waals surface area (Å²) in [5, 5.41) is 13.1. The summed E-state index contributed by atoms with van der Waals surface area (Å²) in [5.41, 5.74) is 0.851. The van der Waals surface area contributed by atoms with Gasteiger partial charge < -0.3 is 19.6 Å². The highest BCUT2D eigenvalue weighted by atomic mass is 35.5. The van der Waals surface area contributed by atoms with Gasteiger partial charge in [-0.1, -0.05) is 35.6 Å². The van der Waals surface area contributed by atoms with Crippen LogP contribution in [0.2, 0.25) is 5.02 Å². The second-order valence-corrected chi connectivity index (χ2v) is 6.69. The van der Waals surface area contributed by atoms with Crippen LogP contribution in [0.25, 0.3) is 17.4 Å². The number of hydrogen-bond donors (Lipinski definition) is 2. The number of thiocarbonyl (C=S) groups is 1. The third-order valence-corrected chi connectivity index (χ3v) is 4.63. The summed E-state index contributed by atoms with van der Waals surface area (Å²) in [4.78, 5) is 0.707. The summed E-state index contributed by atoms with van der Waals surface area (Å²) in [6.45, 7) is 0. The average molecular weight is 354 g/mol. The van der Waals surface area contributed by atoms with Crippen molar-refractivity contribution >= 4 is 46.0 Å². The molecule has 0 spiro atoms.